The molecule has 0 bridgehead atoms. The topological polar surface area (TPSA) is 72.8 Å². The maximum atomic E-state index is 11.8. The smallest absolute Gasteiger partial charge is 0.314 e. The zero-order valence-corrected chi connectivity index (χ0v) is 9.30. The van der Waals surface area contributed by atoms with Crippen molar-refractivity contribution in [1.82, 2.24) is 0 Å². The Balaban J connectivity index is 2.28. The molecule has 0 aliphatic carbocycles. The fraction of sp³-hybridized carbons (Fsp3) is 0.333. The molecule has 0 aromatic heterocycles. The Morgan fingerprint density at radius 3 is 2.53 bits per heavy atom. The third-order valence-corrected chi connectivity index (χ3v) is 2.59. The van der Waals surface area contributed by atoms with Gasteiger partial charge < -0.3 is 14.6 Å². The lowest BCUT2D eigenvalue weighted by atomic mass is 9.99. The summed E-state index contributed by atoms with van der Waals surface area (Å²) in [7, 11) is 0. The lowest BCUT2D eigenvalue weighted by Crippen LogP contribution is -2.21. The Hall–Kier alpha value is -2.04. The van der Waals surface area contributed by atoms with E-state index in [1.54, 1.807) is 12.1 Å². The van der Waals surface area contributed by atoms with Gasteiger partial charge in [0.25, 0.3) is 0 Å². The normalized spacial score (nSPS) is 15.1. The molecule has 1 unspecified atom stereocenters. The number of carbonyl (C=O) groups is 2. The van der Waals surface area contributed by atoms with Crippen LogP contribution in [0.25, 0.3) is 0 Å². The fourth-order valence-electron chi connectivity index (χ4n) is 1.56. The minimum Gasteiger partial charge on any atom is -0.486 e. The summed E-state index contributed by atoms with van der Waals surface area (Å²) in [5, 5.41) is 8.78. The first-order valence-corrected chi connectivity index (χ1v) is 5.26. The average molecular weight is 236 g/mol. The highest BCUT2D eigenvalue weighted by atomic mass is 16.6. The summed E-state index contributed by atoms with van der Waals surface area (Å²) in [6, 6.07) is 4.70. The molecule has 0 fully saturated rings. The van der Waals surface area contributed by atoms with Crippen molar-refractivity contribution in [3.63, 3.8) is 0 Å². The van der Waals surface area contributed by atoms with Crippen molar-refractivity contribution in [3.8, 4) is 11.5 Å². The molecule has 0 spiro atoms. The minimum atomic E-state index is -1.13. The van der Waals surface area contributed by atoms with Crippen LogP contribution < -0.4 is 9.47 Å². The number of rotatable bonds is 3. The van der Waals surface area contributed by atoms with Crippen molar-refractivity contribution in [2.24, 2.45) is 5.92 Å². The summed E-state index contributed by atoms with van der Waals surface area (Å²) in [6.45, 7) is 2.27. The van der Waals surface area contributed by atoms with Gasteiger partial charge in [0.2, 0.25) is 0 Å². The lowest BCUT2D eigenvalue weighted by molar-refractivity contribution is -0.139. The third kappa shape index (κ3) is 2.22. The Labute approximate surface area is 98.0 Å². The molecule has 2 rings (SSSR count). The number of aliphatic carboxylic acids is 1. The standard InChI is InChI=1S/C12H12O5/c1-7(12(14)15)11(13)8-2-3-9-10(6-8)17-5-4-16-9/h2-3,6-7H,4-5H2,1H3,(H,14,15). The van der Waals surface area contributed by atoms with Gasteiger partial charge in [-0.15, -0.1) is 0 Å². The van der Waals surface area contributed by atoms with E-state index in [-0.39, 0.29) is 0 Å². The van der Waals surface area contributed by atoms with Crippen molar-refractivity contribution in [2.45, 2.75) is 6.92 Å². The number of carboxylic acids is 1. The second kappa shape index (κ2) is 4.45. The van der Waals surface area contributed by atoms with Gasteiger partial charge in [0.1, 0.15) is 19.1 Å². The Kier molecular flexibility index (Phi) is 2.99. The van der Waals surface area contributed by atoms with Crippen LogP contribution in [-0.2, 0) is 4.79 Å². The number of ether oxygens (including phenoxy) is 2. The first-order chi connectivity index (χ1) is 8.09. The molecule has 1 heterocycles. The molecule has 1 atom stereocenters. The van der Waals surface area contributed by atoms with E-state index < -0.39 is 17.7 Å². The number of ketones is 1. The van der Waals surface area contributed by atoms with Crippen molar-refractivity contribution in [1.29, 1.82) is 0 Å². The second-order valence-corrected chi connectivity index (χ2v) is 3.78. The van der Waals surface area contributed by atoms with Gasteiger partial charge in [-0.2, -0.15) is 0 Å². The van der Waals surface area contributed by atoms with Crippen LogP contribution in [0.1, 0.15) is 17.3 Å². The fourth-order valence-corrected chi connectivity index (χ4v) is 1.56. The Morgan fingerprint density at radius 1 is 1.24 bits per heavy atom. The van der Waals surface area contributed by atoms with E-state index in [1.807, 2.05) is 0 Å². The maximum absolute atomic E-state index is 11.8. The van der Waals surface area contributed by atoms with Gasteiger partial charge in [-0.3, -0.25) is 9.59 Å². The molecule has 1 aliphatic heterocycles. The molecule has 0 saturated carbocycles. The lowest BCUT2D eigenvalue weighted by Gasteiger charge is -2.18. The summed E-state index contributed by atoms with van der Waals surface area (Å²) in [6.07, 6.45) is 0. The van der Waals surface area contributed by atoms with Gasteiger partial charge in [0.15, 0.2) is 17.3 Å². The van der Waals surface area contributed by atoms with E-state index in [0.717, 1.165) is 0 Å². The van der Waals surface area contributed by atoms with E-state index in [0.29, 0.717) is 30.3 Å². The molecule has 0 radical (unpaired) electrons. The highest BCUT2D eigenvalue weighted by molar-refractivity contribution is 6.08. The summed E-state index contributed by atoms with van der Waals surface area (Å²) in [5.41, 5.74) is 0.323. The van der Waals surface area contributed by atoms with Crippen LogP contribution in [0.3, 0.4) is 0 Å². The van der Waals surface area contributed by atoms with Crippen LogP contribution in [0, 0.1) is 5.92 Å². The Morgan fingerprint density at radius 2 is 1.88 bits per heavy atom. The summed E-state index contributed by atoms with van der Waals surface area (Å²) in [4.78, 5) is 22.5. The van der Waals surface area contributed by atoms with E-state index in [9.17, 15) is 9.59 Å². The molecule has 5 nitrogen and oxygen atoms in total. The summed E-state index contributed by atoms with van der Waals surface area (Å²) < 4.78 is 10.6. The quantitative estimate of drug-likeness (QED) is 0.633. The van der Waals surface area contributed by atoms with E-state index >= 15 is 0 Å². The van der Waals surface area contributed by atoms with Crippen LogP contribution in [0.15, 0.2) is 18.2 Å². The zero-order valence-electron chi connectivity index (χ0n) is 9.30. The molecular formula is C12H12O5. The first-order valence-electron chi connectivity index (χ1n) is 5.26. The van der Waals surface area contributed by atoms with Gasteiger partial charge >= 0.3 is 5.97 Å². The second-order valence-electron chi connectivity index (χ2n) is 3.78. The minimum absolute atomic E-state index is 0.323. The molecule has 0 saturated heterocycles. The first kappa shape index (κ1) is 11.4. The van der Waals surface area contributed by atoms with Crippen molar-refractivity contribution < 1.29 is 24.2 Å². The van der Waals surface area contributed by atoms with E-state index in [2.05, 4.69) is 0 Å². The molecule has 90 valence electrons. The molecule has 0 amide bonds. The predicted octanol–water partition coefficient (Wildman–Crippen LogP) is 1.36. The van der Waals surface area contributed by atoms with Crippen LogP contribution >= 0.6 is 0 Å². The van der Waals surface area contributed by atoms with Crippen LogP contribution in [0.4, 0.5) is 0 Å². The van der Waals surface area contributed by atoms with Crippen molar-refractivity contribution in [3.05, 3.63) is 23.8 Å². The van der Waals surface area contributed by atoms with Gasteiger partial charge in [-0.1, -0.05) is 0 Å². The molecule has 1 aliphatic rings. The number of carboxylic acid groups (broad SMARTS) is 1. The summed E-state index contributed by atoms with van der Waals surface area (Å²) in [5.74, 6) is -1.56. The third-order valence-electron chi connectivity index (χ3n) is 2.59. The van der Waals surface area contributed by atoms with Crippen molar-refractivity contribution in [2.75, 3.05) is 13.2 Å². The van der Waals surface area contributed by atoms with Gasteiger partial charge in [-0.05, 0) is 25.1 Å². The zero-order chi connectivity index (χ0) is 12.4. The SMILES string of the molecule is CC(C(=O)O)C(=O)c1ccc2c(c1)OCCO2. The van der Waals surface area contributed by atoms with E-state index in [1.165, 1.54) is 13.0 Å². The Bertz CT molecular complexity index is 466. The van der Waals surface area contributed by atoms with Crippen molar-refractivity contribution >= 4 is 11.8 Å². The predicted molar refractivity (Wildman–Crippen MR) is 58.6 cm³/mol. The highest BCUT2D eigenvalue weighted by Crippen LogP contribution is 2.31. The van der Waals surface area contributed by atoms with Gasteiger partial charge in [-0.25, -0.2) is 0 Å². The van der Waals surface area contributed by atoms with Crippen LogP contribution in [-0.4, -0.2) is 30.1 Å². The molecule has 1 aromatic rings. The highest BCUT2D eigenvalue weighted by Gasteiger charge is 2.23. The van der Waals surface area contributed by atoms with Crippen LogP contribution in [0.2, 0.25) is 0 Å². The molecule has 17 heavy (non-hydrogen) atoms. The molecule has 1 N–H and O–H groups in total. The number of hydrogen-bond acceptors (Lipinski definition) is 4. The number of benzene rings is 1. The number of hydrogen-bond donors (Lipinski definition) is 1. The maximum Gasteiger partial charge on any atom is 0.314 e. The van der Waals surface area contributed by atoms with E-state index in [4.69, 9.17) is 14.6 Å². The number of fused-ring (bicyclic) bond motifs is 1. The monoisotopic (exact) mass is 236 g/mol. The average Bonchev–Trinajstić information content (AvgIpc) is 2.36. The summed E-state index contributed by atoms with van der Waals surface area (Å²) >= 11 is 0. The molecular weight excluding hydrogens is 224 g/mol. The number of Topliss-reactive ketones (excluding diaryl/α,β-unsaturated/α-hetero) is 1. The van der Waals surface area contributed by atoms with Crippen LogP contribution in [0.5, 0.6) is 11.5 Å². The largest absolute Gasteiger partial charge is 0.486 e. The molecule has 1 aromatic carbocycles. The molecule has 5 heteroatoms. The van der Waals surface area contributed by atoms with Gasteiger partial charge in [0.05, 0.1) is 0 Å². The number of carbonyl (C=O) groups excluding carboxylic acids is 1. The van der Waals surface area contributed by atoms with Gasteiger partial charge in [0, 0.05) is 5.56 Å².